The third-order valence-corrected chi connectivity index (χ3v) is 3.26. The van der Waals surface area contributed by atoms with Crippen LogP contribution in [0.3, 0.4) is 0 Å². The minimum atomic E-state index is -0.0997. The molecule has 0 radical (unpaired) electrons. The molecule has 0 unspecified atom stereocenters. The van der Waals surface area contributed by atoms with E-state index < -0.39 is 0 Å². The summed E-state index contributed by atoms with van der Waals surface area (Å²) in [6, 6.07) is 7.26. The Morgan fingerprint density at radius 1 is 1.35 bits per heavy atom. The van der Waals surface area contributed by atoms with E-state index in [4.69, 9.17) is 5.73 Å². The first-order valence-corrected chi connectivity index (χ1v) is 6.91. The highest BCUT2D eigenvalue weighted by Gasteiger charge is 2.10. The molecule has 1 aromatic heterocycles. The second kappa shape index (κ2) is 6.32. The number of amidine groups is 1. The Bertz CT molecular complexity index is 688. The molecule has 0 atom stereocenters. The second-order valence-electron chi connectivity index (χ2n) is 4.79. The fraction of sp³-hybridized carbons (Fsp3) is 0.400. The van der Waals surface area contributed by atoms with Crippen LogP contribution in [-0.2, 0) is 7.05 Å². The number of aliphatic imine (C=N–C) groups is 1. The van der Waals surface area contributed by atoms with E-state index in [-0.39, 0.29) is 5.56 Å². The van der Waals surface area contributed by atoms with Crippen molar-refractivity contribution in [2.45, 2.75) is 26.2 Å². The Labute approximate surface area is 118 Å². The average Bonchev–Trinajstić information content (AvgIpc) is 2.47. The molecule has 1 aromatic carbocycles. The number of nitrogens with two attached hydrogens (primary N) is 1. The normalized spacial score (nSPS) is 12.0. The van der Waals surface area contributed by atoms with Crippen LogP contribution < -0.4 is 11.3 Å². The maximum atomic E-state index is 12.2. The van der Waals surface area contributed by atoms with Crippen LogP contribution in [0, 0.1) is 0 Å². The highest BCUT2D eigenvalue weighted by molar-refractivity contribution is 5.95. The maximum absolute atomic E-state index is 12.2. The molecule has 0 aliphatic carbocycles. The Hall–Kier alpha value is -2.17. The van der Waals surface area contributed by atoms with Gasteiger partial charge in [-0.25, -0.2) is 4.98 Å². The van der Waals surface area contributed by atoms with E-state index in [0.29, 0.717) is 29.1 Å². The summed E-state index contributed by atoms with van der Waals surface area (Å²) in [4.78, 5) is 21.0. The Balaban J connectivity index is 2.39. The smallest absolute Gasteiger partial charge is 0.261 e. The molecule has 5 nitrogen and oxygen atoms in total. The predicted molar refractivity (Wildman–Crippen MR) is 82.1 cm³/mol. The van der Waals surface area contributed by atoms with Crippen molar-refractivity contribution in [3.8, 4) is 0 Å². The molecule has 0 bridgehead atoms. The van der Waals surface area contributed by atoms with Crippen LogP contribution in [0.25, 0.3) is 10.9 Å². The van der Waals surface area contributed by atoms with Crippen molar-refractivity contribution >= 4 is 16.7 Å². The zero-order valence-electron chi connectivity index (χ0n) is 12.0. The first kappa shape index (κ1) is 14.2. The lowest BCUT2D eigenvalue weighted by atomic mass is 10.2. The van der Waals surface area contributed by atoms with Crippen LogP contribution in [0.4, 0.5) is 0 Å². The Morgan fingerprint density at radius 3 is 2.85 bits per heavy atom. The van der Waals surface area contributed by atoms with Gasteiger partial charge in [0.25, 0.3) is 5.56 Å². The molecule has 0 spiro atoms. The van der Waals surface area contributed by atoms with Gasteiger partial charge in [0.15, 0.2) is 11.7 Å². The van der Waals surface area contributed by atoms with E-state index in [0.717, 1.165) is 19.3 Å². The quantitative estimate of drug-likeness (QED) is 0.512. The number of aromatic nitrogens is 2. The molecule has 0 amide bonds. The van der Waals surface area contributed by atoms with Crippen molar-refractivity contribution in [2.24, 2.45) is 17.8 Å². The maximum Gasteiger partial charge on any atom is 0.261 e. The molecule has 0 aliphatic rings. The van der Waals surface area contributed by atoms with E-state index in [1.807, 2.05) is 18.2 Å². The van der Waals surface area contributed by atoms with Crippen molar-refractivity contribution < 1.29 is 0 Å². The summed E-state index contributed by atoms with van der Waals surface area (Å²) in [7, 11) is 1.67. The number of rotatable bonds is 5. The minimum absolute atomic E-state index is 0.0997. The van der Waals surface area contributed by atoms with E-state index in [1.54, 1.807) is 13.1 Å². The summed E-state index contributed by atoms with van der Waals surface area (Å²) in [5.74, 6) is 0.761. The zero-order chi connectivity index (χ0) is 14.5. The van der Waals surface area contributed by atoms with Gasteiger partial charge >= 0.3 is 0 Å². The molecule has 0 saturated heterocycles. The predicted octanol–water partition coefficient (Wildman–Crippen LogP) is 1.83. The van der Waals surface area contributed by atoms with Crippen molar-refractivity contribution in [3.05, 3.63) is 40.4 Å². The number of unbranched alkanes of at least 4 members (excludes halogenated alkanes) is 2. The van der Waals surface area contributed by atoms with E-state index >= 15 is 0 Å². The van der Waals surface area contributed by atoms with Crippen LogP contribution in [0.15, 0.2) is 34.1 Å². The largest absolute Gasteiger partial charge is 0.381 e. The monoisotopic (exact) mass is 272 g/mol. The SMILES string of the molecule is CCCCCN=C(N)c1nc2ccccc2c(=O)n1C. The van der Waals surface area contributed by atoms with Gasteiger partial charge in [0.2, 0.25) is 0 Å². The molecule has 2 rings (SSSR count). The van der Waals surface area contributed by atoms with Crippen LogP contribution in [0.5, 0.6) is 0 Å². The molecule has 0 fully saturated rings. The van der Waals surface area contributed by atoms with Gasteiger partial charge in [-0.3, -0.25) is 14.4 Å². The van der Waals surface area contributed by atoms with Gasteiger partial charge in [0.1, 0.15) is 0 Å². The van der Waals surface area contributed by atoms with Crippen molar-refractivity contribution in [1.82, 2.24) is 9.55 Å². The van der Waals surface area contributed by atoms with Gasteiger partial charge in [0.05, 0.1) is 10.9 Å². The van der Waals surface area contributed by atoms with Crippen molar-refractivity contribution in [2.75, 3.05) is 6.54 Å². The molecule has 106 valence electrons. The zero-order valence-corrected chi connectivity index (χ0v) is 12.0. The van der Waals surface area contributed by atoms with Gasteiger partial charge < -0.3 is 5.73 Å². The summed E-state index contributed by atoms with van der Waals surface area (Å²) >= 11 is 0. The lowest BCUT2D eigenvalue weighted by Crippen LogP contribution is -2.29. The van der Waals surface area contributed by atoms with Crippen molar-refractivity contribution in [3.63, 3.8) is 0 Å². The molecular formula is C15H20N4O. The molecule has 0 aliphatic heterocycles. The third kappa shape index (κ3) is 2.87. The molecule has 1 heterocycles. The van der Waals surface area contributed by atoms with Crippen LogP contribution in [0.2, 0.25) is 0 Å². The summed E-state index contributed by atoms with van der Waals surface area (Å²) in [5.41, 5.74) is 6.52. The van der Waals surface area contributed by atoms with Gasteiger partial charge in [-0.05, 0) is 18.6 Å². The second-order valence-corrected chi connectivity index (χ2v) is 4.79. The van der Waals surface area contributed by atoms with Gasteiger partial charge in [-0.1, -0.05) is 31.9 Å². The topological polar surface area (TPSA) is 73.3 Å². The van der Waals surface area contributed by atoms with E-state index in [1.165, 1.54) is 4.57 Å². The van der Waals surface area contributed by atoms with Gasteiger partial charge in [-0.2, -0.15) is 0 Å². The van der Waals surface area contributed by atoms with Gasteiger partial charge in [0, 0.05) is 13.6 Å². The first-order valence-electron chi connectivity index (χ1n) is 6.91. The van der Waals surface area contributed by atoms with E-state index in [2.05, 4.69) is 16.9 Å². The molecule has 20 heavy (non-hydrogen) atoms. The van der Waals surface area contributed by atoms with Crippen LogP contribution in [-0.4, -0.2) is 21.9 Å². The average molecular weight is 272 g/mol. The molecular weight excluding hydrogens is 252 g/mol. The fourth-order valence-electron chi connectivity index (χ4n) is 2.08. The first-order chi connectivity index (χ1) is 9.65. The molecule has 2 N–H and O–H groups in total. The number of hydrogen-bond acceptors (Lipinski definition) is 3. The number of nitrogens with zero attached hydrogens (tertiary/aromatic N) is 3. The fourth-order valence-corrected chi connectivity index (χ4v) is 2.08. The van der Waals surface area contributed by atoms with Crippen LogP contribution >= 0.6 is 0 Å². The summed E-state index contributed by atoms with van der Waals surface area (Å²) in [6.07, 6.45) is 3.27. The Morgan fingerprint density at radius 2 is 2.10 bits per heavy atom. The number of para-hydroxylation sites is 1. The summed E-state index contributed by atoms with van der Waals surface area (Å²) < 4.78 is 1.46. The standard InChI is InChI=1S/C15H20N4O/c1-3-4-7-10-17-13(16)14-18-12-9-6-5-8-11(12)15(20)19(14)2/h5-6,8-9H,3-4,7,10H2,1-2H3,(H2,16,17). The third-order valence-electron chi connectivity index (χ3n) is 3.26. The highest BCUT2D eigenvalue weighted by atomic mass is 16.1. The number of fused-ring (bicyclic) bond motifs is 1. The summed E-state index contributed by atoms with van der Waals surface area (Å²) in [6.45, 7) is 2.81. The highest BCUT2D eigenvalue weighted by Crippen LogP contribution is 2.07. The molecule has 2 aromatic rings. The molecule has 0 saturated carbocycles. The number of hydrogen-bond donors (Lipinski definition) is 1. The minimum Gasteiger partial charge on any atom is -0.381 e. The van der Waals surface area contributed by atoms with Crippen molar-refractivity contribution in [1.29, 1.82) is 0 Å². The summed E-state index contributed by atoms with van der Waals surface area (Å²) in [5, 5.41) is 0.595. The van der Waals surface area contributed by atoms with Crippen LogP contribution in [0.1, 0.15) is 32.0 Å². The van der Waals surface area contributed by atoms with Gasteiger partial charge in [-0.15, -0.1) is 0 Å². The van der Waals surface area contributed by atoms with E-state index in [9.17, 15) is 4.79 Å². The number of benzene rings is 1. The lowest BCUT2D eigenvalue weighted by molar-refractivity contribution is 0.726. The lowest BCUT2D eigenvalue weighted by Gasteiger charge is -2.08. The molecule has 5 heteroatoms. The Kier molecular flexibility index (Phi) is 4.50.